The van der Waals surface area contributed by atoms with Crippen molar-refractivity contribution < 1.29 is 9.53 Å². The van der Waals surface area contributed by atoms with Gasteiger partial charge in [-0.05, 0) is 30.1 Å². The summed E-state index contributed by atoms with van der Waals surface area (Å²) in [4.78, 5) is 12.2. The minimum absolute atomic E-state index is 0.0930. The molecule has 6 heteroatoms. The highest BCUT2D eigenvalue weighted by Gasteiger charge is 2.27. The predicted molar refractivity (Wildman–Crippen MR) is 96.9 cm³/mol. The zero-order valence-electron chi connectivity index (χ0n) is 13.5. The van der Waals surface area contributed by atoms with Crippen LogP contribution in [-0.2, 0) is 11.2 Å². The first-order valence-corrected chi connectivity index (χ1v) is 8.40. The van der Waals surface area contributed by atoms with Crippen molar-refractivity contribution in [3.63, 3.8) is 0 Å². The molecular formula is C19H16BClN2O2. The average molecular weight is 351 g/mol. The fourth-order valence-electron chi connectivity index (χ4n) is 3.05. The molecule has 0 aliphatic carbocycles. The number of nitrogens with one attached hydrogen (secondary N) is 1. The van der Waals surface area contributed by atoms with Crippen molar-refractivity contribution >= 4 is 25.4 Å². The Bertz CT molecular complexity index is 834. The number of halogens is 1. The number of para-hydroxylation sites is 1. The molecule has 0 saturated carbocycles. The van der Waals surface area contributed by atoms with E-state index in [1.165, 1.54) is 0 Å². The third kappa shape index (κ3) is 3.97. The fourth-order valence-corrected chi connectivity index (χ4v) is 3.28. The molecule has 0 saturated heterocycles. The summed E-state index contributed by atoms with van der Waals surface area (Å²) in [5.74, 6) is 0.0896. The SMILES string of the molecule is [B][C@H](C[C@@H]1COc2c(Cl)cccc21)NC(=O)Cc1ccccc1C#N. The normalized spacial score (nSPS) is 16.4. The van der Waals surface area contributed by atoms with E-state index in [0.29, 0.717) is 34.9 Å². The van der Waals surface area contributed by atoms with E-state index in [2.05, 4.69) is 11.4 Å². The van der Waals surface area contributed by atoms with Crippen LogP contribution in [-0.4, -0.2) is 26.3 Å². The average Bonchev–Trinajstić information content (AvgIpc) is 2.99. The molecule has 3 rings (SSSR count). The maximum absolute atomic E-state index is 12.2. The Kier molecular flexibility index (Phi) is 5.30. The lowest BCUT2D eigenvalue weighted by Crippen LogP contribution is -2.37. The lowest BCUT2D eigenvalue weighted by atomic mass is 9.84. The maximum Gasteiger partial charge on any atom is 0.224 e. The summed E-state index contributed by atoms with van der Waals surface area (Å²) in [5.41, 5.74) is 2.21. The molecular weight excluding hydrogens is 334 g/mol. The summed E-state index contributed by atoms with van der Waals surface area (Å²) >= 11 is 6.12. The number of hydrogen-bond donors (Lipinski definition) is 1. The van der Waals surface area contributed by atoms with Crippen LogP contribution >= 0.6 is 11.6 Å². The molecule has 124 valence electrons. The summed E-state index contributed by atoms with van der Waals surface area (Å²) in [6.45, 7) is 0.500. The number of ether oxygens (including phenoxy) is 1. The Hall–Kier alpha value is -2.45. The van der Waals surface area contributed by atoms with Crippen LogP contribution in [0.5, 0.6) is 5.75 Å². The molecule has 0 fully saturated rings. The van der Waals surface area contributed by atoms with Crippen molar-refractivity contribution in [2.45, 2.75) is 24.7 Å². The van der Waals surface area contributed by atoms with Crippen LogP contribution in [0.2, 0.25) is 5.02 Å². The predicted octanol–water partition coefficient (Wildman–Crippen LogP) is 2.93. The first kappa shape index (κ1) is 17.4. The molecule has 1 aliphatic rings. The van der Waals surface area contributed by atoms with Crippen molar-refractivity contribution in [3.8, 4) is 11.8 Å². The van der Waals surface area contributed by atoms with Gasteiger partial charge in [0.25, 0.3) is 0 Å². The molecule has 0 spiro atoms. The molecule has 1 aliphatic heterocycles. The molecule has 2 atom stereocenters. The van der Waals surface area contributed by atoms with Crippen molar-refractivity contribution in [1.29, 1.82) is 5.26 Å². The van der Waals surface area contributed by atoms with Gasteiger partial charge in [-0.2, -0.15) is 5.26 Å². The summed E-state index contributed by atoms with van der Waals surface area (Å²) in [6.07, 6.45) is 0.681. The molecule has 1 heterocycles. The summed E-state index contributed by atoms with van der Waals surface area (Å²) in [6, 6.07) is 14.8. The molecule has 1 N–H and O–H groups in total. The molecule has 25 heavy (non-hydrogen) atoms. The highest BCUT2D eigenvalue weighted by Crippen LogP contribution is 2.40. The van der Waals surface area contributed by atoms with Gasteiger partial charge in [-0.3, -0.25) is 4.79 Å². The van der Waals surface area contributed by atoms with E-state index in [0.717, 1.165) is 5.56 Å². The first-order chi connectivity index (χ1) is 12.1. The summed E-state index contributed by atoms with van der Waals surface area (Å²) in [7, 11) is 6.09. The lowest BCUT2D eigenvalue weighted by molar-refractivity contribution is -0.120. The quantitative estimate of drug-likeness (QED) is 0.843. The highest BCUT2D eigenvalue weighted by molar-refractivity contribution is 6.32. The van der Waals surface area contributed by atoms with Gasteiger partial charge in [0, 0.05) is 11.5 Å². The molecule has 4 nitrogen and oxygen atoms in total. The number of benzene rings is 2. The van der Waals surface area contributed by atoms with E-state index < -0.39 is 5.94 Å². The van der Waals surface area contributed by atoms with E-state index in [9.17, 15) is 4.79 Å². The Morgan fingerprint density at radius 1 is 1.36 bits per heavy atom. The molecule has 2 radical (unpaired) electrons. The number of carbonyl (C=O) groups excluding carboxylic acids is 1. The van der Waals surface area contributed by atoms with Gasteiger partial charge in [-0.1, -0.05) is 41.9 Å². The Labute approximate surface area is 153 Å². The van der Waals surface area contributed by atoms with Crippen molar-refractivity contribution in [2.24, 2.45) is 0 Å². The van der Waals surface area contributed by atoms with E-state index in [1.807, 2.05) is 12.1 Å². The number of fused-ring (bicyclic) bond motifs is 1. The van der Waals surface area contributed by atoms with E-state index in [1.54, 1.807) is 30.3 Å². The summed E-state index contributed by atoms with van der Waals surface area (Å²) in [5, 5.41) is 12.5. The zero-order valence-corrected chi connectivity index (χ0v) is 14.3. The number of rotatable bonds is 5. The van der Waals surface area contributed by atoms with Crippen LogP contribution in [0.1, 0.15) is 29.0 Å². The third-order valence-electron chi connectivity index (χ3n) is 4.24. The van der Waals surface area contributed by atoms with E-state index >= 15 is 0 Å². The first-order valence-electron chi connectivity index (χ1n) is 8.02. The van der Waals surface area contributed by atoms with Gasteiger partial charge in [0.1, 0.15) is 5.75 Å². The second-order valence-electron chi connectivity index (χ2n) is 6.02. The van der Waals surface area contributed by atoms with E-state index in [-0.39, 0.29) is 18.2 Å². The summed E-state index contributed by atoms with van der Waals surface area (Å²) < 4.78 is 5.64. The second-order valence-corrected chi connectivity index (χ2v) is 6.43. The third-order valence-corrected chi connectivity index (χ3v) is 4.54. The number of hydrogen-bond acceptors (Lipinski definition) is 3. The number of nitrogens with zero attached hydrogens (tertiary/aromatic N) is 1. The van der Waals surface area contributed by atoms with Gasteiger partial charge < -0.3 is 10.1 Å². The molecule has 0 unspecified atom stereocenters. The topological polar surface area (TPSA) is 62.1 Å². The monoisotopic (exact) mass is 350 g/mol. The zero-order chi connectivity index (χ0) is 17.8. The number of nitriles is 1. The van der Waals surface area contributed by atoms with E-state index in [4.69, 9.17) is 29.4 Å². The maximum atomic E-state index is 12.2. The molecule has 2 aromatic rings. The van der Waals surface area contributed by atoms with Crippen LogP contribution in [0, 0.1) is 11.3 Å². The largest absolute Gasteiger partial charge is 0.491 e. The van der Waals surface area contributed by atoms with Gasteiger partial charge in [0.05, 0.1) is 37.5 Å². The minimum Gasteiger partial charge on any atom is -0.491 e. The number of carbonyl (C=O) groups is 1. The Morgan fingerprint density at radius 2 is 2.16 bits per heavy atom. The molecule has 2 aromatic carbocycles. The standard InChI is InChI=1S/C19H16BClN2O2/c20-17(8-14-11-25-19-15(14)6-3-7-16(19)21)23-18(24)9-12-4-1-2-5-13(12)10-22/h1-7,14,17H,8-9,11H2,(H,23,24)/t14-,17+/m1/s1. The van der Waals surface area contributed by atoms with Crippen molar-refractivity contribution in [3.05, 3.63) is 64.2 Å². The molecule has 0 aromatic heterocycles. The van der Waals surface area contributed by atoms with Crippen LogP contribution in [0.25, 0.3) is 0 Å². The van der Waals surface area contributed by atoms with Crippen LogP contribution in [0.15, 0.2) is 42.5 Å². The van der Waals surface area contributed by atoms with Crippen LogP contribution in [0.4, 0.5) is 0 Å². The van der Waals surface area contributed by atoms with Crippen LogP contribution < -0.4 is 10.1 Å². The van der Waals surface area contributed by atoms with Gasteiger partial charge >= 0.3 is 0 Å². The Balaban J connectivity index is 1.59. The second kappa shape index (κ2) is 7.63. The van der Waals surface area contributed by atoms with Crippen LogP contribution in [0.3, 0.4) is 0 Å². The fraction of sp³-hybridized carbons (Fsp3) is 0.263. The van der Waals surface area contributed by atoms with Gasteiger partial charge in [-0.25, -0.2) is 0 Å². The lowest BCUT2D eigenvalue weighted by Gasteiger charge is -2.18. The molecule has 0 bridgehead atoms. The Morgan fingerprint density at radius 3 is 2.96 bits per heavy atom. The smallest absolute Gasteiger partial charge is 0.224 e. The van der Waals surface area contributed by atoms with Crippen molar-refractivity contribution in [1.82, 2.24) is 5.32 Å². The van der Waals surface area contributed by atoms with Gasteiger partial charge in [0.15, 0.2) is 0 Å². The highest BCUT2D eigenvalue weighted by atomic mass is 35.5. The van der Waals surface area contributed by atoms with Gasteiger partial charge in [-0.15, -0.1) is 0 Å². The number of amides is 1. The molecule has 1 amide bonds. The minimum atomic E-state index is -0.500. The van der Waals surface area contributed by atoms with Crippen molar-refractivity contribution in [2.75, 3.05) is 6.61 Å². The van der Waals surface area contributed by atoms with Gasteiger partial charge in [0.2, 0.25) is 5.91 Å².